The Morgan fingerprint density at radius 1 is 1.36 bits per heavy atom. The van der Waals surface area contributed by atoms with E-state index < -0.39 is 11.9 Å². The van der Waals surface area contributed by atoms with Gasteiger partial charge in [0.25, 0.3) is 0 Å². The highest BCUT2D eigenvalue weighted by molar-refractivity contribution is 5.10. The van der Waals surface area contributed by atoms with Gasteiger partial charge in [-0.15, -0.1) is 6.42 Å². The summed E-state index contributed by atoms with van der Waals surface area (Å²) in [5.74, 6) is 1.86. The lowest BCUT2D eigenvalue weighted by atomic mass is 10.1. The molecule has 2 rings (SSSR count). The molecule has 0 saturated carbocycles. The molecule has 1 N–H and O–H groups in total. The number of terminal acetylenes is 1. The third-order valence-corrected chi connectivity index (χ3v) is 2.49. The largest absolute Gasteiger partial charge is 0.394 e. The van der Waals surface area contributed by atoms with Crippen LogP contribution in [0.1, 0.15) is 13.8 Å². The van der Waals surface area contributed by atoms with Crippen molar-refractivity contribution in [3.8, 4) is 12.3 Å². The van der Waals surface area contributed by atoms with Crippen LogP contribution >= 0.6 is 0 Å². The number of aliphatic hydroxyl groups is 1. The highest BCUT2D eigenvalue weighted by atomic mass is 16.8. The van der Waals surface area contributed by atoms with Gasteiger partial charge in [-0.05, 0) is 13.8 Å². The number of fused-ring (bicyclic) bond motifs is 1. The first kappa shape index (κ1) is 9.94. The molecule has 4 atom stereocenters. The molecule has 2 saturated heterocycles. The zero-order valence-corrected chi connectivity index (χ0v) is 8.27. The third-order valence-electron chi connectivity index (χ3n) is 2.49. The molecule has 2 unspecified atom stereocenters. The Morgan fingerprint density at radius 3 is 2.57 bits per heavy atom. The molecule has 2 aliphatic heterocycles. The van der Waals surface area contributed by atoms with Crippen LogP contribution in [0.3, 0.4) is 0 Å². The molecule has 0 radical (unpaired) electrons. The maximum Gasteiger partial charge on any atom is 0.164 e. The molecule has 2 heterocycles. The second kappa shape index (κ2) is 3.21. The van der Waals surface area contributed by atoms with Gasteiger partial charge in [0, 0.05) is 0 Å². The van der Waals surface area contributed by atoms with Crippen LogP contribution < -0.4 is 0 Å². The zero-order chi connectivity index (χ0) is 10.3. The van der Waals surface area contributed by atoms with E-state index >= 15 is 0 Å². The Labute approximate surface area is 83.1 Å². The molecule has 0 aromatic carbocycles. The topological polar surface area (TPSA) is 47.9 Å². The molecule has 0 bridgehead atoms. The van der Waals surface area contributed by atoms with Gasteiger partial charge >= 0.3 is 0 Å². The summed E-state index contributed by atoms with van der Waals surface area (Å²) < 4.78 is 16.6. The number of hydrogen-bond donors (Lipinski definition) is 1. The fourth-order valence-electron chi connectivity index (χ4n) is 1.96. The minimum absolute atomic E-state index is 0.0984. The van der Waals surface area contributed by atoms with E-state index in [1.54, 1.807) is 0 Å². The van der Waals surface area contributed by atoms with E-state index in [9.17, 15) is 0 Å². The Balaban J connectivity index is 2.17. The van der Waals surface area contributed by atoms with Crippen molar-refractivity contribution in [2.24, 2.45) is 0 Å². The predicted molar refractivity (Wildman–Crippen MR) is 48.4 cm³/mol. The maximum atomic E-state index is 9.07. The Kier molecular flexibility index (Phi) is 2.28. The molecule has 2 aliphatic rings. The van der Waals surface area contributed by atoms with Gasteiger partial charge in [-0.3, -0.25) is 0 Å². The summed E-state index contributed by atoms with van der Waals surface area (Å²) in [6.45, 7) is 3.56. The minimum atomic E-state index is -0.637. The fourth-order valence-corrected chi connectivity index (χ4v) is 1.96. The molecular formula is C10H14O4. The fraction of sp³-hybridized carbons (Fsp3) is 0.800. The third kappa shape index (κ3) is 1.43. The van der Waals surface area contributed by atoms with Gasteiger partial charge in [-0.1, -0.05) is 5.92 Å². The Hall–Kier alpha value is -0.600. The van der Waals surface area contributed by atoms with Crippen molar-refractivity contribution in [1.29, 1.82) is 0 Å². The van der Waals surface area contributed by atoms with Gasteiger partial charge in [0.2, 0.25) is 0 Å². The summed E-state index contributed by atoms with van der Waals surface area (Å²) in [7, 11) is 0. The lowest BCUT2D eigenvalue weighted by Gasteiger charge is -2.21. The van der Waals surface area contributed by atoms with Gasteiger partial charge in [0.1, 0.15) is 24.4 Å². The summed E-state index contributed by atoms with van der Waals surface area (Å²) in [5, 5.41) is 9.07. The van der Waals surface area contributed by atoms with Crippen LogP contribution in [0, 0.1) is 12.3 Å². The van der Waals surface area contributed by atoms with Crippen molar-refractivity contribution < 1.29 is 19.3 Å². The summed E-state index contributed by atoms with van der Waals surface area (Å²) in [6, 6.07) is 0. The number of ether oxygens (including phenoxy) is 3. The lowest BCUT2D eigenvalue weighted by Crippen LogP contribution is -2.31. The summed E-state index contributed by atoms with van der Waals surface area (Å²) >= 11 is 0. The maximum absolute atomic E-state index is 9.07. The molecular weight excluding hydrogens is 184 g/mol. The molecule has 0 spiro atoms. The average Bonchev–Trinajstić information content (AvgIpc) is 2.57. The van der Waals surface area contributed by atoms with Gasteiger partial charge in [0.15, 0.2) is 5.79 Å². The standard InChI is InChI=1S/C10H14O4/c1-4-6-8-9(7(5-11)12-6)14-10(2,3)13-8/h1,6-9,11H,5H2,2-3H3/t6-,7-,8?,9?/m1/s1. The van der Waals surface area contributed by atoms with Gasteiger partial charge in [-0.25, -0.2) is 0 Å². The average molecular weight is 198 g/mol. The van der Waals surface area contributed by atoms with Crippen LogP contribution in [0.15, 0.2) is 0 Å². The first-order valence-corrected chi connectivity index (χ1v) is 4.65. The van der Waals surface area contributed by atoms with E-state index in [0.29, 0.717) is 0 Å². The molecule has 4 nitrogen and oxygen atoms in total. The SMILES string of the molecule is C#C[C@H]1O[C@H](CO)C2OC(C)(C)OC21. The summed E-state index contributed by atoms with van der Waals surface area (Å²) in [4.78, 5) is 0. The van der Waals surface area contributed by atoms with Crippen molar-refractivity contribution in [2.75, 3.05) is 6.61 Å². The van der Waals surface area contributed by atoms with Gasteiger partial charge in [0.05, 0.1) is 6.61 Å². The van der Waals surface area contributed by atoms with Crippen molar-refractivity contribution in [3.05, 3.63) is 0 Å². The summed E-state index contributed by atoms with van der Waals surface area (Å²) in [6.07, 6.45) is 4.00. The Morgan fingerprint density at radius 2 is 2.00 bits per heavy atom. The van der Waals surface area contributed by atoms with E-state index in [0.717, 1.165) is 0 Å². The Bertz CT molecular complexity index is 268. The van der Waals surface area contributed by atoms with Crippen molar-refractivity contribution >= 4 is 0 Å². The lowest BCUT2D eigenvalue weighted by molar-refractivity contribution is -0.184. The van der Waals surface area contributed by atoms with Crippen LogP contribution in [0.5, 0.6) is 0 Å². The van der Waals surface area contributed by atoms with E-state index in [1.165, 1.54) is 0 Å². The second-order valence-corrected chi connectivity index (χ2v) is 4.01. The molecule has 0 aromatic rings. The predicted octanol–water partition coefficient (Wildman–Crippen LogP) is -0.101. The molecule has 0 amide bonds. The number of aliphatic hydroxyl groups excluding tert-OH is 1. The molecule has 78 valence electrons. The van der Waals surface area contributed by atoms with Crippen molar-refractivity contribution in [1.82, 2.24) is 0 Å². The monoisotopic (exact) mass is 198 g/mol. The first-order chi connectivity index (χ1) is 6.57. The molecule has 0 aliphatic carbocycles. The highest BCUT2D eigenvalue weighted by Gasteiger charge is 2.54. The van der Waals surface area contributed by atoms with E-state index in [-0.39, 0.29) is 24.9 Å². The zero-order valence-electron chi connectivity index (χ0n) is 8.27. The quantitative estimate of drug-likeness (QED) is 0.598. The van der Waals surface area contributed by atoms with Crippen LogP contribution in [0.2, 0.25) is 0 Å². The molecule has 0 aromatic heterocycles. The minimum Gasteiger partial charge on any atom is -0.394 e. The van der Waals surface area contributed by atoms with Gasteiger partial charge < -0.3 is 19.3 Å². The number of rotatable bonds is 1. The van der Waals surface area contributed by atoms with Gasteiger partial charge in [-0.2, -0.15) is 0 Å². The van der Waals surface area contributed by atoms with Crippen LogP contribution in [0.25, 0.3) is 0 Å². The smallest absolute Gasteiger partial charge is 0.164 e. The van der Waals surface area contributed by atoms with Crippen LogP contribution in [0.4, 0.5) is 0 Å². The van der Waals surface area contributed by atoms with Crippen molar-refractivity contribution in [2.45, 2.75) is 44.1 Å². The van der Waals surface area contributed by atoms with E-state index in [1.807, 2.05) is 13.8 Å². The highest BCUT2D eigenvalue weighted by Crippen LogP contribution is 2.38. The summed E-state index contributed by atoms with van der Waals surface area (Å²) in [5.41, 5.74) is 0. The van der Waals surface area contributed by atoms with E-state index in [2.05, 4.69) is 5.92 Å². The first-order valence-electron chi connectivity index (χ1n) is 4.65. The normalized spacial score (nSPS) is 44.7. The number of hydrogen-bond acceptors (Lipinski definition) is 4. The molecule has 2 fully saturated rings. The van der Waals surface area contributed by atoms with Crippen molar-refractivity contribution in [3.63, 3.8) is 0 Å². The molecule has 14 heavy (non-hydrogen) atoms. The second-order valence-electron chi connectivity index (χ2n) is 4.01. The van der Waals surface area contributed by atoms with Crippen LogP contribution in [-0.4, -0.2) is 41.9 Å². The van der Waals surface area contributed by atoms with Crippen LogP contribution in [-0.2, 0) is 14.2 Å². The van der Waals surface area contributed by atoms with E-state index in [4.69, 9.17) is 25.7 Å². The molecule has 4 heteroatoms.